The van der Waals surface area contributed by atoms with E-state index in [-0.39, 0.29) is 25.0 Å². The van der Waals surface area contributed by atoms with Crippen LogP contribution in [0.2, 0.25) is 0 Å². The topological polar surface area (TPSA) is 135 Å². The summed E-state index contributed by atoms with van der Waals surface area (Å²) in [5, 5.41) is 20.1. The highest BCUT2D eigenvalue weighted by Crippen LogP contribution is 2.38. The van der Waals surface area contributed by atoms with Crippen molar-refractivity contribution in [2.75, 3.05) is 18.5 Å². The Morgan fingerprint density at radius 3 is 2.32 bits per heavy atom. The summed E-state index contributed by atoms with van der Waals surface area (Å²) < 4.78 is 11.0. The fourth-order valence-electron chi connectivity index (χ4n) is 3.66. The molecular weight excluding hydrogens is 434 g/mol. The van der Waals surface area contributed by atoms with Crippen molar-refractivity contribution in [3.63, 3.8) is 0 Å². The van der Waals surface area contributed by atoms with Gasteiger partial charge in [0.2, 0.25) is 0 Å². The van der Waals surface area contributed by atoms with Crippen LogP contribution in [0.1, 0.15) is 74.8 Å². The molecule has 0 spiro atoms. The lowest BCUT2D eigenvalue weighted by atomic mass is 9.89. The Bertz CT molecular complexity index is 1000. The van der Waals surface area contributed by atoms with E-state index in [9.17, 15) is 14.7 Å². The van der Waals surface area contributed by atoms with Gasteiger partial charge in [0, 0.05) is 23.7 Å². The van der Waals surface area contributed by atoms with E-state index in [1.807, 2.05) is 6.07 Å². The van der Waals surface area contributed by atoms with Crippen molar-refractivity contribution in [1.82, 2.24) is 0 Å². The summed E-state index contributed by atoms with van der Waals surface area (Å²) in [5.41, 5.74) is 9.18. The Balaban J connectivity index is 2.67. The maximum absolute atomic E-state index is 13.1. The van der Waals surface area contributed by atoms with E-state index in [4.69, 9.17) is 20.6 Å². The average molecular weight is 470 g/mol. The van der Waals surface area contributed by atoms with Crippen molar-refractivity contribution < 1.29 is 24.2 Å². The minimum Gasteiger partial charge on any atom is -0.491 e. The maximum Gasteiger partial charge on any atom is 0.341 e. The summed E-state index contributed by atoms with van der Waals surface area (Å²) in [6.45, 7) is 7.29. The number of aryl methyl sites for hydroxylation is 1. The monoisotopic (exact) mass is 469 g/mol. The third-order valence-electron chi connectivity index (χ3n) is 5.52. The lowest BCUT2D eigenvalue weighted by molar-refractivity contribution is -0.158. The summed E-state index contributed by atoms with van der Waals surface area (Å²) in [7, 11) is 0. The fourth-order valence-corrected chi connectivity index (χ4v) is 3.66. The zero-order valence-electron chi connectivity index (χ0n) is 20.3. The van der Waals surface area contributed by atoms with Gasteiger partial charge >= 0.3 is 11.9 Å². The third-order valence-corrected chi connectivity index (χ3v) is 5.52. The second-order valence-corrected chi connectivity index (χ2v) is 8.22. The number of hydrogen-bond donors (Lipinski definition) is 4. The standard InChI is InChI=1S/C26H35N3O5/c1-5-7-18-14-21(16(3)6-2)24(33-13-12-30)22(15-18)23(26(32)34-17(4)31)29-20-10-8-19(9-11-20)25(27)28/h8-11,14-16,23,29-30H,5-7,12-13H2,1-4H3,(H3,27,28). The Morgan fingerprint density at radius 1 is 1.15 bits per heavy atom. The van der Waals surface area contributed by atoms with E-state index < -0.39 is 18.0 Å². The fraction of sp³-hybridized carbons (Fsp3) is 0.423. The molecule has 0 aliphatic heterocycles. The molecule has 0 amide bonds. The quantitative estimate of drug-likeness (QED) is 0.159. The number of benzene rings is 2. The number of rotatable bonds is 12. The van der Waals surface area contributed by atoms with Gasteiger partial charge in [0.25, 0.3) is 0 Å². The minimum absolute atomic E-state index is 0.0609. The highest BCUT2D eigenvalue weighted by atomic mass is 16.6. The lowest BCUT2D eigenvalue weighted by Gasteiger charge is -2.26. The first kappa shape index (κ1) is 26.9. The van der Waals surface area contributed by atoms with Gasteiger partial charge in [0.1, 0.15) is 18.2 Å². The van der Waals surface area contributed by atoms with Gasteiger partial charge < -0.3 is 25.6 Å². The van der Waals surface area contributed by atoms with Crippen molar-refractivity contribution in [3.8, 4) is 5.75 Å². The molecule has 0 aliphatic rings. The number of amidine groups is 1. The van der Waals surface area contributed by atoms with E-state index in [2.05, 4.69) is 32.2 Å². The predicted molar refractivity (Wildman–Crippen MR) is 132 cm³/mol. The number of carbonyl (C=O) groups excluding carboxylic acids is 2. The van der Waals surface area contributed by atoms with E-state index in [0.717, 1.165) is 30.4 Å². The number of hydrogen-bond acceptors (Lipinski definition) is 7. The van der Waals surface area contributed by atoms with E-state index >= 15 is 0 Å². The number of carbonyl (C=O) groups is 2. The largest absolute Gasteiger partial charge is 0.491 e. The van der Waals surface area contributed by atoms with Gasteiger partial charge in [0.05, 0.1) is 6.61 Å². The average Bonchev–Trinajstić information content (AvgIpc) is 2.80. The second-order valence-electron chi connectivity index (χ2n) is 8.22. The number of ether oxygens (including phenoxy) is 2. The molecule has 5 N–H and O–H groups in total. The maximum atomic E-state index is 13.1. The van der Waals surface area contributed by atoms with Crippen LogP contribution in [0.3, 0.4) is 0 Å². The first-order chi connectivity index (χ1) is 16.2. The van der Waals surface area contributed by atoms with Crippen molar-refractivity contribution in [2.24, 2.45) is 5.73 Å². The highest BCUT2D eigenvalue weighted by Gasteiger charge is 2.30. The van der Waals surface area contributed by atoms with Gasteiger partial charge in [-0.1, -0.05) is 33.3 Å². The molecule has 0 fully saturated rings. The Hall–Kier alpha value is -3.39. The molecule has 0 bridgehead atoms. The van der Waals surface area contributed by atoms with E-state index in [0.29, 0.717) is 22.6 Å². The number of nitrogen functional groups attached to an aromatic ring is 1. The van der Waals surface area contributed by atoms with Gasteiger partial charge in [-0.05, 0) is 60.2 Å². The molecular formula is C26H35N3O5. The zero-order valence-corrected chi connectivity index (χ0v) is 20.3. The van der Waals surface area contributed by atoms with Crippen molar-refractivity contribution in [1.29, 1.82) is 5.41 Å². The first-order valence-electron chi connectivity index (χ1n) is 11.5. The van der Waals surface area contributed by atoms with Crippen molar-refractivity contribution >= 4 is 23.5 Å². The van der Waals surface area contributed by atoms with Crippen LogP contribution in [0.5, 0.6) is 5.75 Å². The van der Waals surface area contributed by atoms with Gasteiger partial charge in [0.15, 0.2) is 6.04 Å². The van der Waals surface area contributed by atoms with Crippen LogP contribution in [0.4, 0.5) is 5.69 Å². The lowest BCUT2D eigenvalue weighted by Crippen LogP contribution is -2.26. The zero-order chi connectivity index (χ0) is 25.3. The summed E-state index contributed by atoms with van der Waals surface area (Å²) in [4.78, 5) is 24.8. The van der Waals surface area contributed by atoms with Gasteiger partial charge in [-0.25, -0.2) is 4.79 Å². The molecule has 2 atom stereocenters. The van der Waals surface area contributed by atoms with Crippen molar-refractivity contribution in [3.05, 3.63) is 58.7 Å². The van der Waals surface area contributed by atoms with Crippen LogP contribution >= 0.6 is 0 Å². The van der Waals surface area contributed by atoms with E-state index in [1.165, 1.54) is 6.92 Å². The normalized spacial score (nSPS) is 12.5. The predicted octanol–water partition coefficient (Wildman–Crippen LogP) is 4.05. The summed E-state index contributed by atoms with van der Waals surface area (Å²) in [5.74, 6) is -0.899. The molecule has 2 rings (SSSR count). The van der Waals surface area contributed by atoms with Crippen molar-refractivity contribution in [2.45, 2.75) is 58.9 Å². The number of anilines is 1. The number of nitrogens with two attached hydrogens (primary N) is 1. The molecule has 0 heterocycles. The first-order valence-corrected chi connectivity index (χ1v) is 11.5. The highest BCUT2D eigenvalue weighted by molar-refractivity contribution is 5.95. The van der Waals surface area contributed by atoms with Crippen LogP contribution in [-0.2, 0) is 20.7 Å². The van der Waals surface area contributed by atoms with Gasteiger partial charge in [-0.2, -0.15) is 0 Å². The molecule has 2 aromatic rings. The molecule has 184 valence electrons. The molecule has 8 heteroatoms. The van der Waals surface area contributed by atoms with Crippen LogP contribution in [0.15, 0.2) is 36.4 Å². The number of esters is 2. The molecule has 0 radical (unpaired) electrons. The minimum atomic E-state index is -1.04. The number of nitrogens with one attached hydrogen (secondary N) is 2. The molecule has 2 unspecified atom stereocenters. The molecule has 34 heavy (non-hydrogen) atoms. The molecule has 0 saturated carbocycles. The SMILES string of the molecule is CCCc1cc(C(C)CC)c(OCCO)c(C(Nc2ccc(C(=N)N)cc2)C(=O)OC(C)=O)c1. The smallest absolute Gasteiger partial charge is 0.341 e. The summed E-state index contributed by atoms with van der Waals surface area (Å²) >= 11 is 0. The van der Waals surface area contributed by atoms with Crippen LogP contribution in [0, 0.1) is 5.41 Å². The van der Waals surface area contributed by atoms with Gasteiger partial charge in [-0.3, -0.25) is 10.2 Å². The molecule has 0 aliphatic carbocycles. The Morgan fingerprint density at radius 2 is 1.79 bits per heavy atom. The molecule has 8 nitrogen and oxygen atoms in total. The third kappa shape index (κ3) is 7.05. The second kappa shape index (κ2) is 12.7. The van der Waals surface area contributed by atoms with Gasteiger partial charge in [-0.15, -0.1) is 0 Å². The van der Waals surface area contributed by atoms with Crippen LogP contribution < -0.4 is 15.8 Å². The Kier molecular flexibility index (Phi) is 10.1. The van der Waals surface area contributed by atoms with Crippen LogP contribution in [0.25, 0.3) is 0 Å². The van der Waals surface area contributed by atoms with Crippen LogP contribution in [-0.4, -0.2) is 36.1 Å². The Labute approximate surface area is 201 Å². The van der Waals surface area contributed by atoms with E-state index in [1.54, 1.807) is 24.3 Å². The number of aliphatic hydroxyl groups is 1. The summed E-state index contributed by atoms with van der Waals surface area (Å²) in [6, 6.07) is 9.67. The number of aliphatic hydroxyl groups excluding tert-OH is 1. The summed E-state index contributed by atoms with van der Waals surface area (Å²) in [6.07, 6.45) is 2.57. The molecule has 0 saturated heterocycles. The molecule has 2 aromatic carbocycles. The molecule has 0 aromatic heterocycles.